The van der Waals surface area contributed by atoms with Gasteiger partial charge in [-0.3, -0.25) is 9.48 Å². The normalized spacial score (nSPS) is 11.1. The molecule has 0 aliphatic rings. The summed E-state index contributed by atoms with van der Waals surface area (Å²) in [5.74, 6) is -2.05. The summed E-state index contributed by atoms with van der Waals surface area (Å²) >= 11 is 2.80. The Morgan fingerprint density at radius 1 is 1.13 bits per heavy atom. The van der Waals surface area contributed by atoms with Gasteiger partial charge in [-0.25, -0.2) is 18.7 Å². The third-order valence-electron chi connectivity index (χ3n) is 4.36. The molecule has 0 atom stereocenters. The molecule has 0 spiro atoms. The lowest BCUT2D eigenvalue weighted by Gasteiger charge is -2.04. The summed E-state index contributed by atoms with van der Waals surface area (Å²) in [6.07, 6.45) is 3.16. The van der Waals surface area contributed by atoms with Crippen LogP contribution in [0.5, 0.6) is 0 Å². The molecule has 0 radical (unpaired) electrons. The van der Waals surface area contributed by atoms with E-state index >= 15 is 0 Å². The molecule has 1 aromatic carbocycles. The average Bonchev–Trinajstić information content (AvgIpc) is 3.36. The molecule has 6 nitrogen and oxygen atoms in total. The number of carbonyl (C=O) groups excluding carboxylic acids is 1. The number of nitrogens with zero attached hydrogens (tertiary/aromatic N) is 4. The summed E-state index contributed by atoms with van der Waals surface area (Å²) in [4.78, 5) is 23.3. The Hall–Kier alpha value is -2.98. The van der Waals surface area contributed by atoms with E-state index in [4.69, 9.17) is 0 Å². The molecule has 0 unspecified atom stereocenters. The largest absolute Gasteiger partial charge is 0.302 e. The first-order chi connectivity index (χ1) is 14.3. The van der Waals surface area contributed by atoms with Crippen molar-refractivity contribution in [3.63, 3.8) is 0 Å². The van der Waals surface area contributed by atoms with Gasteiger partial charge in [-0.15, -0.1) is 11.3 Å². The topological polar surface area (TPSA) is 72.7 Å². The Morgan fingerprint density at radius 3 is 2.47 bits per heavy atom. The summed E-state index contributed by atoms with van der Waals surface area (Å²) in [6, 6.07) is 3.52. The summed E-state index contributed by atoms with van der Waals surface area (Å²) in [5.41, 5.74) is 2.13. The Kier molecular flexibility index (Phi) is 5.44. The molecule has 3 aromatic heterocycles. The van der Waals surface area contributed by atoms with Crippen LogP contribution in [0.1, 0.15) is 16.3 Å². The van der Waals surface area contributed by atoms with Crippen LogP contribution in [0.25, 0.3) is 21.0 Å². The quantitative estimate of drug-likeness (QED) is 0.481. The maximum atomic E-state index is 13.9. The van der Waals surface area contributed by atoms with Crippen molar-refractivity contribution >= 4 is 33.7 Å². The molecule has 0 saturated carbocycles. The van der Waals surface area contributed by atoms with E-state index in [9.17, 15) is 13.6 Å². The highest BCUT2D eigenvalue weighted by Crippen LogP contribution is 2.42. The number of carbonyl (C=O) groups is 1. The van der Waals surface area contributed by atoms with Crippen LogP contribution in [0.2, 0.25) is 0 Å². The van der Waals surface area contributed by atoms with Crippen LogP contribution in [-0.2, 0) is 18.3 Å². The molecule has 4 aromatic rings. The fourth-order valence-corrected chi connectivity index (χ4v) is 4.98. The van der Waals surface area contributed by atoms with Gasteiger partial charge in [0.1, 0.15) is 17.3 Å². The van der Waals surface area contributed by atoms with Crippen molar-refractivity contribution in [2.75, 3.05) is 5.32 Å². The minimum Gasteiger partial charge on any atom is -0.302 e. The third-order valence-corrected chi connectivity index (χ3v) is 6.46. The van der Waals surface area contributed by atoms with Crippen molar-refractivity contribution in [1.82, 2.24) is 19.7 Å². The number of thiazole rings is 2. The van der Waals surface area contributed by atoms with E-state index in [1.807, 2.05) is 27.1 Å². The Bertz CT molecular complexity index is 1220. The van der Waals surface area contributed by atoms with E-state index in [2.05, 4.69) is 20.4 Å². The van der Waals surface area contributed by atoms with Crippen molar-refractivity contribution < 1.29 is 13.6 Å². The molecule has 154 valence electrons. The molecule has 0 fully saturated rings. The number of rotatable bonds is 5. The Morgan fingerprint density at radius 2 is 1.87 bits per heavy atom. The number of hydrogen-bond donors (Lipinski definition) is 1. The molecule has 10 heteroatoms. The van der Waals surface area contributed by atoms with Crippen molar-refractivity contribution in [3.8, 4) is 21.0 Å². The minimum atomic E-state index is -0.753. The Labute approximate surface area is 179 Å². The zero-order chi connectivity index (χ0) is 21.4. The first-order valence-electron chi connectivity index (χ1n) is 8.99. The maximum absolute atomic E-state index is 13.9. The predicted octanol–water partition coefficient (Wildman–Crippen LogP) is 4.74. The van der Waals surface area contributed by atoms with E-state index in [-0.39, 0.29) is 5.56 Å². The van der Waals surface area contributed by atoms with Gasteiger partial charge in [0, 0.05) is 24.4 Å². The Balaban J connectivity index is 1.67. The van der Waals surface area contributed by atoms with Gasteiger partial charge in [0.05, 0.1) is 33.1 Å². The summed E-state index contributed by atoms with van der Waals surface area (Å²) < 4.78 is 29.4. The number of amides is 1. The lowest BCUT2D eigenvalue weighted by Crippen LogP contribution is -2.16. The van der Waals surface area contributed by atoms with Gasteiger partial charge in [-0.05, 0) is 26.0 Å². The number of benzene rings is 1. The molecular formula is C20H17F2N5OS2. The van der Waals surface area contributed by atoms with Crippen LogP contribution in [0.4, 0.5) is 13.9 Å². The van der Waals surface area contributed by atoms with Crippen LogP contribution in [0, 0.1) is 25.5 Å². The molecule has 0 aliphatic carbocycles. The third kappa shape index (κ3) is 4.01. The molecule has 1 N–H and O–H groups in total. The zero-order valence-corrected chi connectivity index (χ0v) is 18.0. The van der Waals surface area contributed by atoms with Crippen LogP contribution < -0.4 is 5.32 Å². The van der Waals surface area contributed by atoms with Gasteiger partial charge in [0.15, 0.2) is 5.13 Å². The molecule has 30 heavy (non-hydrogen) atoms. The van der Waals surface area contributed by atoms with E-state index < -0.39 is 24.0 Å². The molecule has 1 amide bonds. The monoisotopic (exact) mass is 445 g/mol. The number of hydrogen-bond acceptors (Lipinski definition) is 6. The minimum absolute atomic E-state index is 0.270. The SMILES string of the molecule is Cc1nc(C)c(-c2nc(NC(=O)Cc3c(F)cccc3F)sc2-c2cnn(C)c2)s1. The van der Waals surface area contributed by atoms with Gasteiger partial charge in [0.2, 0.25) is 5.91 Å². The number of aryl methyl sites for hydroxylation is 3. The van der Waals surface area contributed by atoms with Gasteiger partial charge in [0.25, 0.3) is 0 Å². The first-order valence-corrected chi connectivity index (χ1v) is 10.6. The highest BCUT2D eigenvalue weighted by molar-refractivity contribution is 7.20. The second kappa shape index (κ2) is 8.04. The second-order valence-corrected chi connectivity index (χ2v) is 8.87. The summed E-state index contributed by atoms with van der Waals surface area (Å²) in [5, 5.41) is 8.14. The van der Waals surface area contributed by atoms with Gasteiger partial charge in [-0.1, -0.05) is 17.4 Å². The summed E-state index contributed by atoms with van der Waals surface area (Å²) in [6.45, 7) is 3.83. The van der Waals surface area contributed by atoms with E-state index in [1.54, 1.807) is 10.9 Å². The number of halogens is 2. The van der Waals surface area contributed by atoms with Gasteiger partial charge in [-0.2, -0.15) is 5.10 Å². The van der Waals surface area contributed by atoms with Crippen molar-refractivity contribution in [1.29, 1.82) is 0 Å². The lowest BCUT2D eigenvalue weighted by atomic mass is 10.1. The fraction of sp³-hybridized carbons (Fsp3) is 0.200. The van der Waals surface area contributed by atoms with Gasteiger partial charge < -0.3 is 5.32 Å². The smallest absolute Gasteiger partial charge is 0.230 e. The summed E-state index contributed by atoms with van der Waals surface area (Å²) in [7, 11) is 1.82. The van der Waals surface area contributed by atoms with Crippen molar-refractivity contribution in [2.24, 2.45) is 7.05 Å². The van der Waals surface area contributed by atoms with E-state index in [0.29, 0.717) is 10.8 Å². The lowest BCUT2D eigenvalue weighted by molar-refractivity contribution is -0.115. The van der Waals surface area contributed by atoms with E-state index in [0.717, 1.165) is 38.2 Å². The molecule has 0 saturated heterocycles. The van der Waals surface area contributed by atoms with Crippen LogP contribution in [-0.4, -0.2) is 25.7 Å². The number of aromatic nitrogens is 4. The van der Waals surface area contributed by atoms with Crippen molar-refractivity contribution in [2.45, 2.75) is 20.3 Å². The highest BCUT2D eigenvalue weighted by atomic mass is 32.1. The van der Waals surface area contributed by atoms with Crippen LogP contribution in [0.3, 0.4) is 0 Å². The molecule has 0 aliphatic heterocycles. The molecule has 4 rings (SSSR count). The zero-order valence-electron chi connectivity index (χ0n) is 16.4. The maximum Gasteiger partial charge on any atom is 0.230 e. The van der Waals surface area contributed by atoms with Crippen LogP contribution in [0.15, 0.2) is 30.6 Å². The van der Waals surface area contributed by atoms with Gasteiger partial charge >= 0.3 is 0 Å². The number of nitrogens with one attached hydrogen (secondary N) is 1. The molecule has 0 bridgehead atoms. The van der Waals surface area contributed by atoms with Crippen molar-refractivity contribution in [3.05, 3.63) is 58.5 Å². The fourth-order valence-electron chi connectivity index (χ4n) is 3.04. The highest BCUT2D eigenvalue weighted by Gasteiger charge is 2.22. The first kappa shape index (κ1) is 20.3. The standard InChI is InChI=1S/C20H17F2N5OS2/c1-10-18(29-11(2)24-10)17-19(12-8-23-27(3)9-12)30-20(26-17)25-16(28)7-13-14(21)5-4-6-15(13)22/h4-6,8-9H,7H2,1-3H3,(H,25,26,28). The van der Waals surface area contributed by atoms with E-state index in [1.165, 1.54) is 28.7 Å². The van der Waals surface area contributed by atoms with Crippen LogP contribution >= 0.6 is 22.7 Å². The second-order valence-electron chi connectivity index (χ2n) is 6.67. The number of anilines is 1. The average molecular weight is 446 g/mol. The molecular weight excluding hydrogens is 428 g/mol. The molecule has 3 heterocycles. The predicted molar refractivity (Wildman–Crippen MR) is 114 cm³/mol.